The van der Waals surface area contributed by atoms with E-state index >= 15 is 0 Å². The number of pyridine rings is 1. The standard InChI is InChI=1S/C22H28N4O3/c27-26(28)24-20-13-15-25(22-8-4-5-14-23-22)21(20)16-29-19-11-9-18(10-12-19)17-6-2-1-3-7-17/h1-8,14,18-21,24H,9-13,15-16H2. The number of hydrazine groups is 1. The molecule has 2 heterocycles. The molecule has 1 N–H and O–H groups in total. The lowest BCUT2D eigenvalue weighted by molar-refractivity contribution is -0.551. The first-order valence-corrected chi connectivity index (χ1v) is 10.5. The van der Waals surface area contributed by atoms with Crippen molar-refractivity contribution in [2.45, 2.75) is 56.2 Å². The number of anilines is 1. The summed E-state index contributed by atoms with van der Waals surface area (Å²) in [5.41, 5.74) is 3.90. The maximum absolute atomic E-state index is 11.0. The monoisotopic (exact) mass is 396 g/mol. The van der Waals surface area contributed by atoms with Crippen molar-refractivity contribution in [2.24, 2.45) is 0 Å². The molecule has 1 saturated heterocycles. The number of ether oxygens (including phenoxy) is 1. The fourth-order valence-electron chi connectivity index (χ4n) is 4.68. The van der Waals surface area contributed by atoms with Crippen LogP contribution in [0.4, 0.5) is 5.82 Å². The molecule has 29 heavy (non-hydrogen) atoms. The van der Waals surface area contributed by atoms with E-state index < -0.39 is 5.03 Å². The molecule has 154 valence electrons. The molecule has 2 fully saturated rings. The number of nitrogens with zero attached hydrogens (tertiary/aromatic N) is 3. The summed E-state index contributed by atoms with van der Waals surface area (Å²) >= 11 is 0. The lowest BCUT2D eigenvalue weighted by Gasteiger charge is -2.32. The summed E-state index contributed by atoms with van der Waals surface area (Å²) in [5.74, 6) is 1.46. The highest BCUT2D eigenvalue weighted by molar-refractivity contribution is 5.41. The van der Waals surface area contributed by atoms with E-state index in [1.165, 1.54) is 5.56 Å². The normalized spacial score (nSPS) is 27.0. The van der Waals surface area contributed by atoms with Crippen molar-refractivity contribution in [3.05, 3.63) is 70.4 Å². The molecule has 0 radical (unpaired) electrons. The lowest BCUT2D eigenvalue weighted by Crippen LogP contribution is -2.48. The van der Waals surface area contributed by atoms with Gasteiger partial charge in [-0.1, -0.05) is 36.4 Å². The van der Waals surface area contributed by atoms with Crippen molar-refractivity contribution in [3.63, 3.8) is 0 Å². The smallest absolute Gasteiger partial charge is 0.157 e. The molecule has 2 aliphatic rings. The van der Waals surface area contributed by atoms with Gasteiger partial charge in [0.1, 0.15) is 11.9 Å². The summed E-state index contributed by atoms with van der Waals surface area (Å²) in [5, 5.41) is 10.6. The molecule has 0 bridgehead atoms. The summed E-state index contributed by atoms with van der Waals surface area (Å²) in [6, 6.07) is 16.1. The number of nitro groups is 1. The molecule has 1 aliphatic heterocycles. The zero-order chi connectivity index (χ0) is 20.1. The van der Waals surface area contributed by atoms with Gasteiger partial charge in [0, 0.05) is 12.7 Å². The van der Waals surface area contributed by atoms with Gasteiger partial charge in [0.2, 0.25) is 0 Å². The molecule has 4 rings (SSSR count). The first-order chi connectivity index (χ1) is 14.2. The highest BCUT2D eigenvalue weighted by atomic mass is 16.7. The minimum Gasteiger partial charge on any atom is -0.376 e. The fourth-order valence-corrected chi connectivity index (χ4v) is 4.68. The molecular formula is C22H28N4O3. The minimum absolute atomic E-state index is 0.0952. The Bertz CT molecular complexity index is 781. The van der Waals surface area contributed by atoms with Crippen LogP contribution in [-0.4, -0.2) is 41.4 Å². The van der Waals surface area contributed by atoms with E-state index in [0.717, 1.165) is 38.0 Å². The third kappa shape index (κ3) is 4.85. The fraction of sp³-hybridized carbons (Fsp3) is 0.500. The largest absolute Gasteiger partial charge is 0.376 e. The predicted molar refractivity (Wildman–Crippen MR) is 111 cm³/mol. The average molecular weight is 396 g/mol. The number of aromatic nitrogens is 1. The molecule has 1 aromatic carbocycles. The molecular weight excluding hydrogens is 368 g/mol. The zero-order valence-electron chi connectivity index (χ0n) is 16.5. The Kier molecular flexibility index (Phi) is 6.24. The highest BCUT2D eigenvalue weighted by Gasteiger charge is 2.38. The van der Waals surface area contributed by atoms with Crippen molar-refractivity contribution in [2.75, 3.05) is 18.1 Å². The van der Waals surface area contributed by atoms with Gasteiger partial charge in [0.15, 0.2) is 5.03 Å². The number of benzene rings is 1. The second-order valence-electron chi connectivity index (χ2n) is 7.95. The number of hydrogen-bond acceptors (Lipinski definition) is 5. The van der Waals surface area contributed by atoms with Crippen molar-refractivity contribution >= 4 is 5.82 Å². The Balaban J connectivity index is 1.35. The van der Waals surface area contributed by atoms with E-state index in [1.807, 2.05) is 18.2 Å². The van der Waals surface area contributed by atoms with E-state index in [9.17, 15) is 10.1 Å². The molecule has 2 atom stereocenters. The first-order valence-electron chi connectivity index (χ1n) is 10.5. The van der Waals surface area contributed by atoms with E-state index in [4.69, 9.17) is 4.74 Å². The molecule has 0 spiro atoms. The molecule has 7 nitrogen and oxygen atoms in total. The van der Waals surface area contributed by atoms with E-state index in [1.54, 1.807) is 6.20 Å². The Morgan fingerprint density at radius 2 is 1.83 bits per heavy atom. The zero-order valence-corrected chi connectivity index (χ0v) is 16.5. The molecule has 2 aromatic rings. The molecule has 2 unspecified atom stereocenters. The van der Waals surface area contributed by atoms with Crippen LogP contribution in [0.5, 0.6) is 0 Å². The van der Waals surface area contributed by atoms with Gasteiger partial charge < -0.3 is 9.64 Å². The molecule has 1 aliphatic carbocycles. The topological polar surface area (TPSA) is 80.5 Å². The lowest BCUT2D eigenvalue weighted by atomic mass is 9.83. The van der Waals surface area contributed by atoms with Crippen LogP contribution in [0.15, 0.2) is 54.7 Å². The van der Waals surface area contributed by atoms with E-state index in [2.05, 4.69) is 45.6 Å². The molecule has 7 heteroatoms. The van der Waals surface area contributed by atoms with Crippen LogP contribution in [0, 0.1) is 10.1 Å². The maximum Gasteiger partial charge on any atom is 0.157 e. The summed E-state index contributed by atoms with van der Waals surface area (Å²) in [6.07, 6.45) is 6.99. The Morgan fingerprint density at radius 1 is 1.07 bits per heavy atom. The number of hydrogen-bond donors (Lipinski definition) is 1. The van der Waals surface area contributed by atoms with Crippen LogP contribution < -0.4 is 10.3 Å². The van der Waals surface area contributed by atoms with Crippen LogP contribution in [-0.2, 0) is 4.74 Å². The van der Waals surface area contributed by atoms with Gasteiger partial charge in [-0.3, -0.25) is 0 Å². The van der Waals surface area contributed by atoms with Gasteiger partial charge in [-0.2, -0.15) is 0 Å². The average Bonchev–Trinajstić information content (AvgIpc) is 3.15. The van der Waals surface area contributed by atoms with Gasteiger partial charge in [0.25, 0.3) is 0 Å². The maximum atomic E-state index is 11.0. The second kappa shape index (κ2) is 9.22. The van der Waals surface area contributed by atoms with Gasteiger partial charge in [-0.25, -0.2) is 15.1 Å². The SMILES string of the molecule is O=[N+]([O-])NC1CCN(c2ccccn2)C1COC1CCC(c2ccccc2)CC1. The minimum atomic E-state index is -0.440. The second-order valence-corrected chi connectivity index (χ2v) is 7.95. The van der Waals surface area contributed by atoms with E-state index in [0.29, 0.717) is 18.9 Å². The molecule has 0 amide bonds. The predicted octanol–water partition coefficient (Wildman–Crippen LogP) is 3.55. The summed E-state index contributed by atoms with van der Waals surface area (Å²) < 4.78 is 6.28. The van der Waals surface area contributed by atoms with Gasteiger partial charge >= 0.3 is 0 Å². The number of nitrogens with one attached hydrogen (secondary N) is 1. The Labute approximate surface area is 171 Å². The van der Waals surface area contributed by atoms with Crippen LogP contribution in [0.3, 0.4) is 0 Å². The first kappa shape index (κ1) is 19.6. The van der Waals surface area contributed by atoms with Gasteiger partial charge in [-0.15, -0.1) is 5.43 Å². The molecule has 1 aromatic heterocycles. The quantitative estimate of drug-likeness (QED) is 0.569. The van der Waals surface area contributed by atoms with Gasteiger partial charge in [0.05, 0.1) is 18.8 Å². The van der Waals surface area contributed by atoms with E-state index in [-0.39, 0.29) is 18.2 Å². The van der Waals surface area contributed by atoms with Crippen molar-refractivity contribution in [1.82, 2.24) is 10.4 Å². The third-order valence-electron chi connectivity index (χ3n) is 6.21. The third-order valence-corrected chi connectivity index (χ3v) is 6.21. The van der Waals surface area contributed by atoms with Crippen molar-refractivity contribution < 1.29 is 9.77 Å². The van der Waals surface area contributed by atoms with Crippen molar-refractivity contribution in [3.8, 4) is 0 Å². The Morgan fingerprint density at radius 3 is 2.52 bits per heavy atom. The Hall–Kier alpha value is -2.67. The highest BCUT2D eigenvalue weighted by Crippen LogP contribution is 2.34. The summed E-state index contributed by atoms with van der Waals surface area (Å²) in [7, 11) is 0. The molecule has 1 saturated carbocycles. The van der Waals surface area contributed by atoms with Crippen LogP contribution >= 0.6 is 0 Å². The summed E-state index contributed by atoms with van der Waals surface area (Å²) in [4.78, 5) is 17.6. The van der Waals surface area contributed by atoms with Crippen LogP contribution in [0.2, 0.25) is 0 Å². The summed E-state index contributed by atoms with van der Waals surface area (Å²) in [6.45, 7) is 1.21. The van der Waals surface area contributed by atoms with Crippen LogP contribution in [0.1, 0.15) is 43.6 Å². The van der Waals surface area contributed by atoms with Crippen molar-refractivity contribution in [1.29, 1.82) is 0 Å². The van der Waals surface area contributed by atoms with Gasteiger partial charge in [-0.05, 0) is 55.7 Å². The number of rotatable bonds is 7. The van der Waals surface area contributed by atoms with Crippen LogP contribution in [0.25, 0.3) is 0 Å².